The van der Waals surface area contributed by atoms with Crippen LogP contribution in [0.1, 0.15) is 0 Å². The van der Waals surface area contributed by atoms with Crippen LogP contribution in [0.15, 0.2) is 0 Å². The van der Waals surface area contributed by atoms with Gasteiger partial charge in [0.05, 0.1) is 0 Å². The molecule has 0 aliphatic carbocycles. The van der Waals surface area contributed by atoms with Crippen molar-refractivity contribution in [3.8, 4) is 0 Å². The van der Waals surface area contributed by atoms with E-state index in [1.165, 1.54) is 10.2 Å². The number of methoxy groups -OCH3 is 1. The molecule has 0 unspecified atom stereocenters. The third-order valence-electron chi connectivity index (χ3n) is 0. The predicted octanol–water partition coefficient (Wildman–Crippen LogP) is -0.337. The normalized spacial score (nSPS) is 5.40. The van der Waals surface area contributed by atoms with E-state index in [0.717, 1.165) is 0 Å². The first kappa shape index (κ1) is 8.95. The van der Waals surface area contributed by atoms with Crippen LogP contribution in [0.3, 0.4) is 0 Å². The molecule has 0 bridgehead atoms. The molecule has 0 saturated heterocycles. The summed E-state index contributed by atoms with van der Waals surface area (Å²) in [4.78, 5) is 0. The van der Waals surface area contributed by atoms with Gasteiger partial charge in [-0.3, -0.25) is 0 Å². The standard InChI is InChI=1S/C2H6O.CH6Si/c1-3-2;1-2/h1-2H3;1-2H3. The highest BCUT2D eigenvalue weighted by Gasteiger charge is 1.25. The molecule has 0 atom stereocenters. The van der Waals surface area contributed by atoms with Crippen LogP contribution in [0.5, 0.6) is 0 Å². The van der Waals surface area contributed by atoms with E-state index in [1.807, 2.05) is 0 Å². The third kappa shape index (κ3) is 633. The Hall–Kier alpha value is 0.177. The van der Waals surface area contributed by atoms with Gasteiger partial charge < -0.3 is 4.74 Å². The second-order valence-corrected chi connectivity index (χ2v) is 0.408. The van der Waals surface area contributed by atoms with Crippen LogP contribution in [-0.4, -0.2) is 24.5 Å². The highest BCUT2D eigenvalue weighted by Crippen LogP contribution is 1.28. The van der Waals surface area contributed by atoms with Crippen molar-refractivity contribution in [2.45, 2.75) is 6.55 Å². The maximum Gasteiger partial charge on any atom is 0.0351 e. The van der Waals surface area contributed by atoms with Gasteiger partial charge in [-0.1, -0.05) is 6.55 Å². The molecule has 0 aliphatic rings. The van der Waals surface area contributed by atoms with Crippen molar-refractivity contribution >= 4 is 10.2 Å². The Bertz CT molecular complexity index is 6.85. The van der Waals surface area contributed by atoms with Crippen LogP contribution in [-0.2, 0) is 4.74 Å². The quantitative estimate of drug-likeness (QED) is 0.372. The predicted molar refractivity (Wildman–Crippen MR) is 28.7 cm³/mol. The first-order valence-electron chi connectivity index (χ1n) is 1.82. The summed E-state index contributed by atoms with van der Waals surface area (Å²) in [5, 5.41) is 0. The summed E-state index contributed by atoms with van der Waals surface area (Å²) in [7, 11) is 4.56. The largest absolute Gasteiger partial charge is 0.388 e. The fourth-order valence-corrected chi connectivity index (χ4v) is 0. The monoisotopic (exact) mass is 92.1 g/mol. The molecule has 0 saturated carbocycles. The number of hydrogen-bond acceptors (Lipinski definition) is 1. The third-order valence-corrected chi connectivity index (χ3v) is 0. The molecule has 0 amide bonds. The lowest BCUT2D eigenvalue weighted by Gasteiger charge is -1.61. The van der Waals surface area contributed by atoms with E-state index in [1.54, 1.807) is 14.2 Å². The van der Waals surface area contributed by atoms with Gasteiger partial charge in [-0.25, -0.2) is 0 Å². The Balaban J connectivity index is 0. The van der Waals surface area contributed by atoms with Gasteiger partial charge in [-0.2, -0.15) is 0 Å². The van der Waals surface area contributed by atoms with E-state index >= 15 is 0 Å². The maximum atomic E-state index is 4.25. The number of hydrogen-bond donors (Lipinski definition) is 0. The summed E-state index contributed by atoms with van der Waals surface area (Å²) in [6, 6.07) is 0. The highest BCUT2D eigenvalue weighted by molar-refractivity contribution is 6.05. The fraction of sp³-hybridized carbons (Fsp3) is 1.00. The van der Waals surface area contributed by atoms with Gasteiger partial charge in [-0.05, 0) is 10.2 Å². The van der Waals surface area contributed by atoms with E-state index in [2.05, 4.69) is 11.3 Å². The van der Waals surface area contributed by atoms with Gasteiger partial charge in [0, 0.05) is 14.2 Å². The average Bonchev–Trinajstić information content (AvgIpc) is 1.46. The zero-order valence-corrected chi connectivity index (χ0v) is 6.41. The summed E-state index contributed by atoms with van der Waals surface area (Å²) in [6.45, 7) is 2.14. The molecule has 0 rings (SSSR count). The Morgan fingerprint density at radius 3 is 1.20 bits per heavy atom. The van der Waals surface area contributed by atoms with E-state index in [-0.39, 0.29) is 0 Å². The van der Waals surface area contributed by atoms with Gasteiger partial charge in [0.15, 0.2) is 0 Å². The Kier molecular flexibility index (Phi) is 54.5. The van der Waals surface area contributed by atoms with Crippen LogP contribution in [0.2, 0.25) is 6.55 Å². The second kappa shape index (κ2) is 30.4. The Morgan fingerprint density at radius 1 is 1.20 bits per heavy atom. The second-order valence-electron chi connectivity index (χ2n) is 0.408. The van der Waals surface area contributed by atoms with Gasteiger partial charge in [0.2, 0.25) is 0 Å². The highest BCUT2D eigenvalue weighted by atomic mass is 28.1. The average molecular weight is 92.2 g/mol. The summed E-state index contributed by atoms with van der Waals surface area (Å²) < 4.78 is 4.25. The molecule has 0 N–H and O–H groups in total. The SMILES string of the molecule is COC.C[SiH3]. The minimum Gasteiger partial charge on any atom is -0.388 e. The van der Waals surface area contributed by atoms with Crippen LogP contribution >= 0.6 is 0 Å². The van der Waals surface area contributed by atoms with Crippen LogP contribution in [0.4, 0.5) is 0 Å². The van der Waals surface area contributed by atoms with Crippen LogP contribution in [0.25, 0.3) is 0 Å². The van der Waals surface area contributed by atoms with E-state index in [0.29, 0.717) is 0 Å². The van der Waals surface area contributed by atoms with Crippen LogP contribution in [0, 0.1) is 0 Å². The van der Waals surface area contributed by atoms with Crippen LogP contribution < -0.4 is 0 Å². The van der Waals surface area contributed by atoms with Crippen molar-refractivity contribution in [1.29, 1.82) is 0 Å². The molecule has 1 nitrogen and oxygen atoms in total. The lowest BCUT2D eigenvalue weighted by Crippen LogP contribution is -1.55. The van der Waals surface area contributed by atoms with E-state index in [9.17, 15) is 0 Å². The summed E-state index contributed by atoms with van der Waals surface area (Å²) in [6.07, 6.45) is 0. The lowest BCUT2D eigenvalue weighted by molar-refractivity contribution is 0.277. The molecule has 0 fully saturated rings. The van der Waals surface area contributed by atoms with Gasteiger partial charge in [-0.15, -0.1) is 0 Å². The Morgan fingerprint density at radius 2 is 1.20 bits per heavy atom. The molecular weight excluding hydrogens is 80.1 g/mol. The molecule has 0 spiro atoms. The van der Waals surface area contributed by atoms with Crippen molar-refractivity contribution < 1.29 is 4.74 Å². The van der Waals surface area contributed by atoms with E-state index in [4.69, 9.17) is 0 Å². The van der Waals surface area contributed by atoms with Crippen molar-refractivity contribution in [1.82, 2.24) is 0 Å². The number of rotatable bonds is 0. The minimum atomic E-state index is 1.31. The first-order chi connectivity index (χ1) is 2.41. The van der Waals surface area contributed by atoms with Gasteiger partial charge in [0.25, 0.3) is 0 Å². The van der Waals surface area contributed by atoms with Crippen molar-refractivity contribution in [3.63, 3.8) is 0 Å². The molecule has 0 aromatic heterocycles. The first-order valence-corrected chi connectivity index (χ1v) is 3.82. The topological polar surface area (TPSA) is 9.23 Å². The molecule has 0 radical (unpaired) electrons. The molecule has 0 aromatic rings. The lowest BCUT2D eigenvalue weighted by atomic mass is 11.6. The fourth-order valence-electron chi connectivity index (χ4n) is 0. The van der Waals surface area contributed by atoms with E-state index < -0.39 is 0 Å². The summed E-state index contributed by atoms with van der Waals surface area (Å²) in [5.41, 5.74) is 0. The maximum absolute atomic E-state index is 4.25. The molecule has 34 valence electrons. The zero-order chi connectivity index (χ0) is 4.71. The van der Waals surface area contributed by atoms with Crippen molar-refractivity contribution in [3.05, 3.63) is 0 Å². The van der Waals surface area contributed by atoms with Gasteiger partial charge >= 0.3 is 0 Å². The molecule has 5 heavy (non-hydrogen) atoms. The number of ether oxygens (including phenoxy) is 1. The molecule has 2 heteroatoms. The van der Waals surface area contributed by atoms with Crippen molar-refractivity contribution in [2.24, 2.45) is 0 Å². The minimum absolute atomic E-state index is 1.31. The smallest absolute Gasteiger partial charge is 0.0351 e. The molecule has 0 aromatic carbocycles. The van der Waals surface area contributed by atoms with Gasteiger partial charge in [0.1, 0.15) is 0 Å². The molecular formula is C3H12OSi. The van der Waals surface area contributed by atoms with Crippen molar-refractivity contribution in [2.75, 3.05) is 14.2 Å². The Labute approximate surface area is 36.8 Å². The summed E-state index contributed by atoms with van der Waals surface area (Å²) in [5.74, 6) is 0. The zero-order valence-electron chi connectivity index (χ0n) is 4.41. The summed E-state index contributed by atoms with van der Waals surface area (Å²) >= 11 is 0. The molecule has 0 heterocycles. The molecule has 0 aliphatic heterocycles.